The van der Waals surface area contributed by atoms with Crippen molar-refractivity contribution < 1.29 is 19.0 Å². The van der Waals surface area contributed by atoms with Crippen LogP contribution in [-0.4, -0.2) is 31.0 Å². The first kappa shape index (κ1) is 14.0. The third-order valence-corrected chi connectivity index (χ3v) is 2.95. The summed E-state index contributed by atoms with van der Waals surface area (Å²) >= 11 is 0. The van der Waals surface area contributed by atoms with Crippen LogP contribution in [-0.2, 0) is 16.1 Å². The minimum absolute atomic E-state index is 0.151. The Morgan fingerprint density at radius 3 is 3.05 bits per heavy atom. The number of hydrogen-bond acceptors (Lipinski definition) is 3. The maximum atomic E-state index is 13.7. The predicted octanol–water partition coefficient (Wildman–Crippen LogP) is 1.87. The molecule has 1 aromatic rings. The van der Waals surface area contributed by atoms with E-state index in [4.69, 9.17) is 14.6 Å². The molecule has 1 unspecified atom stereocenters. The second-order valence-electron chi connectivity index (χ2n) is 4.42. The van der Waals surface area contributed by atoms with Gasteiger partial charge in [-0.2, -0.15) is 0 Å². The van der Waals surface area contributed by atoms with Crippen molar-refractivity contribution in [3.8, 4) is 11.8 Å². The van der Waals surface area contributed by atoms with Crippen molar-refractivity contribution in [1.29, 1.82) is 0 Å². The summed E-state index contributed by atoms with van der Waals surface area (Å²) in [7, 11) is 0. The molecule has 0 spiro atoms. The van der Waals surface area contributed by atoms with E-state index in [2.05, 4.69) is 11.8 Å². The minimum atomic E-state index is -0.336. The number of rotatable bonds is 4. The van der Waals surface area contributed by atoms with Crippen LogP contribution in [0.1, 0.15) is 24.0 Å². The lowest BCUT2D eigenvalue weighted by atomic mass is 10.1. The summed E-state index contributed by atoms with van der Waals surface area (Å²) in [4.78, 5) is 0. The molecule has 19 heavy (non-hydrogen) atoms. The van der Waals surface area contributed by atoms with E-state index in [1.165, 1.54) is 6.07 Å². The summed E-state index contributed by atoms with van der Waals surface area (Å²) in [5, 5.41) is 8.57. The average Bonchev–Trinajstić information content (AvgIpc) is 2.92. The molecule has 0 amide bonds. The summed E-state index contributed by atoms with van der Waals surface area (Å²) in [5.41, 5.74) is 1.06. The molecule has 0 radical (unpaired) electrons. The van der Waals surface area contributed by atoms with Crippen molar-refractivity contribution >= 4 is 0 Å². The molecule has 4 heteroatoms. The molecular weight excluding hydrogens is 247 g/mol. The number of aliphatic hydroxyl groups is 1. The SMILES string of the molecule is OCC#Cc1ccc(COCC2CCCO2)c(F)c1. The van der Waals surface area contributed by atoms with Crippen molar-refractivity contribution in [2.24, 2.45) is 0 Å². The molecule has 1 atom stereocenters. The molecule has 1 aromatic carbocycles. The Labute approximate surface area is 112 Å². The van der Waals surface area contributed by atoms with Crippen molar-refractivity contribution in [1.82, 2.24) is 0 Å². The topological polar surface area (TPSA) is 38.7 Å². The van der Waals surface area contributed by atoms with Crippen molar-refractivity contribution in [2.75, 3.05) is 19.8 Å². The first-order valence-corrected chi connectivity index (χ1v) is 6.37. The normalized spacial score (nSPS) is 18.1. The monoisotopic (exact) mass is 264 g/mol. The third kappa shape index (κ3) is 4.32. The summed E-state index contributed by atoms with van der Waals surface area (Å²) in [6.45, 7) is 1.30. The highest BCUT2D eigenvalue weighted by atomic mass is 19.1. The summed E-state index contributed by atoms with van der Waals surface area (Å²) in [6.07, 6.45) is 2.23. The van der Waals surface area contributed by atoms with Gasteiger partial charge in [-0.1, -0.05) is 17.9 Å². The van der Waals surface area contributed by atoms with Crippen LogP contribution >= 0.6 is 0 Å². The molecule has 0 aromatic heterocycles. The molecule has 1 heterocycles. The highest BCUT2D eigenvalue weighted by Gasteiger charge is 2.15. The van der Waals surface area contributed by atoms with Crippen LogP contribution in [0.5, 0.6) is 0 Å². The van der Waals surface area contributed by atoms with Crippen LogP contribution in [0.4, 0.5) is 4.39 Å². The molecule has 1 fully saturated rings. The van der Waals surface area contributed by atoms with Gasteiger partial charge in [0.1, 0.15) is 12.4 Å². The molecule has 3 nitrogen and oxygen atoms in total. The number of aliphatic hydroxyl groups excluding tert-OH is 1. The lowest BCUT2D eigenvalue weighted by Gasteiger charge is -2.10. The third-order valence-electron chi connectivity index (χ3n) is 2.95. The lowest BCUT2D eigenvalue weighted by Crippen LogP contribution is -2.14. The fourth-order valence-electron chi connectivity index (χ4n) is 1.96. The van der Waals surface area contributed by atoms with Crippen LogP contribution in [0.25, 0.3) is 0 Å². The standard InChI is InChI=1S/C15H17FO3/c16-15-9-12(3-1-7-17)5-6-13(15)10-18-11-14-4-2-8-19-14/h5-6,9,14,17H,2,4,7-8,10-11H2. The fraction of sp³-hybridized carbons (Fsp3) is 0.467. The zero-order valence-corrected chi connectivity index (χ0v) is 10.7. The molecule has 2 rings (SSSR count). The molecule has 0 aliphatic carbocycles. The zero-order valence-electron chi connectivity index (χ0n) is 10.7. The maximum absolute atomic E-state index is 13.7. The average molecular weight is 264 g/mol. The van der Waals surface area contributed by atoms with Gasteiger partial charge in [0.2, 0.25) is 0 Å². The molecule has 0 bridgehead atoms. The summed E-state index contributed by atoms with van der Waals surface area (Å²) in [6, 6.07) is 4.73. The van der Waals surface area contributed by atoms with Gasteiger partial charge in [-0.15, -0.1) is 0 Å². The second kappa shape index (κ2) is 7.25. The number of benzene rings is 1. The van der Waals surface area contributed by atoms with E-state index in [0.29, 0.717) is 17.7 Å². The number of ether oxygens (including phenoxy) is 2. The van der Waals surface area contributed by atoms with Crippen LogP contribution in [0, 0.1) is 17.7 Å². The maximum Gasteiger partial charge on any atom is 0.129 e. The van der Waals surface area contributed by atoms with Crippen LogP contribution < -0.4 is 0 Å². The lowest BCUT2D eigenvalue weighted by molar-refractivity contribution is 0.00982. The molecule has 1 aliphatic rings. The van der Waals surface area contributed by atoms with E-state index in [0.717, 1.165) is 19.4 Å². The first-order chi connectivity index (χ1) is 9.29. The van der Waals surface area contributed by atoms with Gasteiger partial charge in [-0.25, -0.2) is 4.39 Å². The molecule has 102 valence electrons. The van der Waals surface area contributed by atoms with Crippen LogP contribution in [0.3, 0.4) is 0 Å². The quantitative estimate of drug-likeness (QED) is 0.844. The van der Waals surface area contributed by atoms with Gasteiger partial charge in [-0.3, -0.25) is 0 Å². The second-order valence-corrected chi connectivity index (χ2v) is 4.42. The highest BCUT2D eigenvalue weighted by Crippen LogP contribution is 2.15. The van der Waals surface area contributed by atoms with Crippen molar-refractivity contribution in [3.63, 3.8) is 0 Å². The van der Waals surface area contributed by atoms with E-state index < -0.39 is 0 Å². The van der Waals surface area contributed by atoms with E-state index in [9.17, 15) is 4.39 Å². The Balaban J connectivity index is 1.86. The van der Waals surface area contributed by atoms with Gasteiger partial charge in [0.25, 0.3) is 0 Å². The molecule has 1 aliphatic heterocycles. The van der Waals surface area contributed by atoms with E-state index in [1.54, 1.807) is 12.1 Å². The zero-order chi connectivity index (χ0) is 13.5. The summed E-state index contributed by atoms with van der Waals surface area (Å²) in [5.74, 6) is 4.81. The van der Waals surface area contributed by atoms with Crippen LogP contribution in [0.2, 0.25) is 0 Å². The first-order valence-electron chi connectivity index (χ1n) is 6.37. The van der Waals surface area contributed by atoms with E-state index >= 15 is 0 Å². The molecule has 1 saturated heterocycles. The smallest absolute Gasteiger partial charge is 0.129 e. The number of halogens is 1. The highest BCUT2D eigenvalue weighted by molar-refractivity contribution is 5.36. The minimum Gasteiger partial charge on any atom is -0.384 e. The Hall–Kier alpha value is -1.41. The number of hydrogen-bond donors (Lipinski definition) is 1. The fourth-order valence-corrected chi connectivity index (χ4v) is 1.96. The Kier molecular flexibility index (Phi) is 5.34. The summed E-state index contributed by atoms with van der Waals surface area (Å²) < 4.78 is 24.6. The Bertz CT molecular complexity index is 470. The van der Waals surface area contributed by atoms with Gasteiger partial charge in [0.15, 0.2) is 0 Å². The molecular formula is C15H17FO3. The van der Waals surface area contributed by atoms with Gasteiger partial charge in [-0.05, 0) is 25.0 Å². The van der Waals surface area contributed by atoms with Gasteiger partial charge in [0, 0.05) is 17.7 Å². The Morgan fingerprint density at radius 2 is 2.37 bits per heavy atom. The predicted molar refractivity (Wildman–Crippen MR) is 69.0 cm³/mol. The van der Waals surface area contributed by atoms with Crippen molar-refractivity contribution in [2.45, 2.75) is 25.6 Å². The van der Waals surface area contributed by atoms with Gasteiger partial charge >= 0.3 is 0 Å². The van der Waals surface area contributed by atoms with Crippen molar-refractivity contribution in [3.05, 3.63) is 35.1 Å². The van der Waals surface area contributed by atoms with Gasteiger partial charge < -0.3 is 14.6 Å². The molecule has 1 N–H and O–H groups in total. The van der Waals surface area contributed by atoms with Crippen LogP contribution in [0.15, 0.2) is 18.2 Å². The largest absolute Gasteiger partial charge is 0.384 e. The van der Waals surface area contributed by atoms with E-state index in [-0.39, 0.29) is 25.1 Å². The van der Waals surface area contributed by atoms with Gasteiger partial charge in [0.05, 0.1) is 19.3 Å². The molecule has 0 saturated carbocycles. The van der Waals surface area contributed by atoms with E-state index in [1.807, 2.05) is 0 Å². The Morgan fingerprint density at radius 1 is 1.47 bits per heavy atom.